The first-order chi connectivity index (χ1) is 9.02. The van der Waals surface area contributed by atoms with Gasteiger partial charge in [-0.1, -0.05) is 59.9 Å². The van der Waals surface area contributed by atoms with Crippen LogP contribution >= 0.6 is 47.8 Å². The number of hydrogen-bond acceptors (Lipinski definition) is 1. The van der Waals surface area contributed by atoms with Gasteiger partial charge in [0.2, 0.25) is 0 Å². The van der Waals surface area contributed by atoms with Gasteiger partial charge in [0.15, 0.2) is 11.6 Å². The molecule has 2 rings (SSSR count). The summed E-state index contributed by atoms with van der Waals surface area (Å²) < 4.78 is 20.6. The smallest absolute Gasteiger partial charge is 0.165 e. The molecule has 0 spiro atoms. The van der Waals surface area contributed by atoms with Gasteiger partial charge in [0.1, 0.15) is 0 Å². The van der Waals surface area contributed by atoms with Gasteiger partial charge in [-0.2, -0.15) is 0 Å². The highest BCUT2D eigenvalue weighted by Gasteiger charge is 2.15. The lowest BCUT2D eigenvalue weighted by molar-refractivity contribution is 0.386. The van der Waals surface area contributed by atoms with E-state index in [1.807, 2.05) is 24.3 Å². The van der Waals surface area contributed by atoms with Crippen molar-refractivity contribution in [3.8, 4) is 5.75 Å². The van der Waals surface area contributed by atoms with Crippen molar-refractivity contribution in [2.75, 3.05) is 7.11 Å². The predicted molar refractivity (Wildman–Crippen MR) is 85.6 cm³/mol. The molecular weight excluding hydrogens is 443 g/mol. The third kappa shape index (κ3) is 3.38. The molecule has 0 saturated carbocycles. The molecule has 0 aromatic heterocycles. The highest BCUT2D eigenvalue weighted by Crippen LogP contribution is 2.37. The van der Waals surface area contributed by atoms with Gasteiger partial charge in [-0.05, 0) is 35.4 Å². The molecule has 5 heteroatoms. The molecule has 2 aromatic carbocycles. The van der Waals surface area contributed by atoms with Crippen LogP contribution in [-0.4, -0.2) is 7.11 Å². The molecule has 19 heavy (non-hydrogen) atoms. The monoisotopic (exact) mass is 450 g/mol. The first-order valence-electron chi connectivity index (χ1n) is 5.45. The Bertz CT molecular complexity index is 601. The van der Waals surface area contributed by atoms with Crippen LogP contribution in [0.25, 0.3) is 0 Å². The molecule has 0 bridgehead atoms. The fourth-order valence-corrected chi connectivity index (χ4v) is 3.99. The van der Waals surface area contributed by atoms with E-state index in [4.69, 9.17) is 4.74 Å². The maximum Gasteiger partial charge on any atom is 0.165 e. The summed E-state index contributed by atoms with van der Waals surface area (Å²) in [6, 6.07) is 10.8. The summed E-state index contributed by atoms with van der Waals surface area (Å²) in [5, 5.41) is 0. The molecule has 0 N–H and O–H groups in total. The Kier molecular flexibility index (Phi) is 5.03. The van der Waals surface area contributed by atoms with E-state index >= 15 is 0 Å². The van der Waals surface area contributed by atoms with Crippen molar-refractivity contribution in [2.24, 2.45) is 0 Å². The number of hydrogen-bond donors (Lipinski definition) is 0. The number of halogens is 4. The number of alkyl halides is 1. The van der Waals surface area contributed by atoms with Crippen LogP contribution in [0, 0.1) is 5.82 Å². The molecule has 0 aliphatic heterocycles. The zero-order chi connectivity index (χ0) is 14.0. The van der Waals surface area contributed by atoms with E-state index in [0.717, 1.165) is 20.1 Å². The predicted octanol–water partition coefficient (Wildman–Crippen LogP) is 5.84. The van der Waals surface area contributed by atoms with Gasteiger partial charge < -0.3 is 4.74 Å². The Hall–Kier alpha value is -0.390. The van der Waals surface area contributed by atoms with Crippen molar-refractivity contribution >= 4 is 47.8 Å². The summed E-state index contributed by atoms with van der Waals surface area (Å²) in [5.74, 6) is -0.115. The van der Waals surface area contributed by atoms with Crippen molar-refractivity contribution in [1.82, 2.24) is 0 Å². The molecule has 2 aromatic rings. The molecule has 0 amide bonds. The van der Waals surface area contributed by atoms with Gasteiger partial charge in [0.05, 0.1) is 11.9 Å². The van der Waals surface area contributed by atoms with Crippen LogP contribution in [0.3, 0.4) is 0 Å². The second kappa shape index (κ2) is 6.37. The lowest BCUT2D eigenvalue weighted by Crippen LogP contribution is -1.96. The van der Waals surface area contributed by atoms with Crippen LogP contribution in [0.5, 0.6) is 5.75 Å². The van der Waals surface area contributed by atoms with E-state index < -0.39 is 0 Å². The third-order valence-electron chi connectivity index (χ3n) is 2.70. The number of rotatable bonds is 3. The highest BCUT2D eigenvalue weighted by molar-refractivity contribution is 9.11. The topological polar surface area (TPSA) is 9.23 Å². The Morgan fingerprint density at radius 1 is 1.11 bits per heavy atom. The number of ether oxygens (including phenoxy) is 1. The minimum absolute atomic E-state index is 0.0876. The van der Waals surface area contributed by atoms with Crippen molar-refractivity contribution in [3.63, 3.8) is 0 Å². The molecule has 0 fully saturated rings. The van der Waals surface area contributed by atoms with E-state index in [1.54, 1.807) is 6.07 Å². The van der Waals surface area contributed by atoms with E-state index in [2.05, 4.69) is 47.8 Å². The average molecular weight is 453 g/mol. The maximum absolute atomic E-state index is 13.7. The van der Waals surface area contributed by atoms with Crippen LogP contribution in [0.2, 0.25) is 0 Å². The molecule has 1 atom stereocenters. The lowest BCUT2D eigenvalue weighted by atomic mass is 10.0. The average Bonchev–Trinajstić information content (AvgIpc) is 2.38. The summed E-state index contributed by atoms with van der Waals surface area (Å²) in [6.07, 6.45) is 0. The summed E-state index contributed by atoms with van der Waals surface area (Å²) in [7, 11) is 1.45. The second-order valence-corrected chi connectivity index (χ2v) is 6.61. The summed E-state index contributed by atoms with van der Waals surface area (Å²) >= 11 is 10.5. The van der Waals surface area contributed by atoms with Gasteiger partial charge in [0, 0.05) is 8.95 Å². The number of methoxy groups -OCH3 is 1. The van der Waals surface area contributed by atoms with Crippen LogP contribution in [-0.2, 0) is 0 Å². The van der Waals surface area contributed by atoms with Gasteiger partial charge in [-0.25, -0.2) is 4.39 Å². The van der Waals surface area contributed by atoms with E-state index in [1.165, 1.54) is 13.2 Å². The lowest BCUT2D eigenvalue weighted by Gasteiger charge is -2.14. The van der Waals surface area contributed by atoms with Crippen molar-refractivity contribution in [3.05, 3.63) is 62.3 Å². The molecule has 0 saturated heterocycles. The third-order valence-corrected chi connectivity index (χ3v) is 4.91. The Morgan fingerprint density at radius 2 is 1.84 bits per heavy atom. The maximum atomic E-state index is 13.7. The second-order valence-electron chi connectivity index (χ2n) is 3.92. The van der Waals surface area contributed by atoms with E-state index in [-0.39, 0.29) is 16.4 Å². The highest BCUT2D eigenvalue weighted by atomic mass is 79.9. The molecular formula is C14H10Br3FO. The quantitative estimate of drug-likeness (QED) is 0.531. The van der Waals surface area contributed by atoms with E-state index in [9.17, 15) is 4.39 Å². The molecule has 0 aliphatic rings. The zero-order valence-electron chi connectivity index (χ0n) is 9.96. The Balaban J connectivity index is 2.38. The molecule has 0 heterocycles. The van der Waals surface area contributed by atoms with Gasteiger partial charge in [-0.3, -0.25) is 0 Å². The normalized spacial score (nSPS) is 12.3. The van der Waals surface area contributed by atoms with Crippen molar-refractivity contribution in [1.29, 1.82) is 0 Å². The standard InChI is InChI=1S/C14H10Br3FO/c1-19-13-5-2-8(6-12(13)18)14(17)10-4-3-9(15)7-11(10)16/h2-7,14H,1H3. The Morgan fingerprint density at radius 3 is 2.42 bits per heavy atom. The minimum Gasteiger partial charge on any atom is -0.494 e. The van der Waals surface area contributed by atoms with Gasteiger partial charge >= 0.3 is 0 Å². The van der Waals surface area contributed by atoms with E-state index in [0.29, 0.717) is 0 Å². The number of benzene rings is 2. The van der Waals surface area contributed by atoms with Gasteiger partial charge in [0.25, 0.3) is 0 Å². The molecule has 0 radical (unpaired) electrons. The Labute approximate surface area is 136 Å². The van der Waals surface area contributed by atoms with Crippen LogP contribution in [0.1, 0.15) is 16.0 Å². The fourth-order valence-electron chi connectivity index (χ4n) is 1.73. The molecule has 100 valence electrons. The van der Waals surface area contributed by atoms with Crippen molar-refractivity contribution < 1.29 is 9.13 Å². The van der Waals surface area contributed by atoms with Crippen LogP contribution in [0.15, 0.2) is 45.3 Å². The molecule has 0 aliphatic carbocycles. The van der Waals surface area contributed by atoms with Crippen LogP contribution < -0.4 is 4.74 Å². The molecule has 1 unspecified atom stereocenters. The molecule has 1 nitrogen and oxygen atoms in total. The summed E-state index contributed by atoms with van der Waals surface area (Å²) in [6.45, 7) is 0. The first kappa shape index (κ1) is 15.0. The zero-order valence-corrected chi connectivity index (χ0v) is 14.7. The first-order valence-corrected chi connectivity index (χ1v) is 7.95. The largest absolute Gasteiger partial charge is 0.494 e. The van der Waals surface area contributed by atoms with Crippen LogP contribution in [0.4, 0.5) is 4.39 Å². The minimum atomic E-state index is -0.363. The summed E-state index contributed by atoms with van der Waals surface area (Å²) in [4.78, 5) is -0.0876. The SMILES string of the molecule is COc1ccc(C(Br)c2ccc(Br)cc2Br)cc1F. The summed E-state index contributed by atoms with van der Waals surface area (Å²) in [5.41, 5.74) is 1.87. The van der Waals surface area contributed by atoms with Gasteiger partial charge in [-0.15, -0.1) is 0 Å². The van der Waals surface area contributed by atoms with Crippen molar-refractivity contribution in [2.45, 2.75) is 4.83 Å². The fraction of sp³-hybridized carbons (Fsp3) is 0.143.